The van der Waals surface area contributed by atoms with E-state index in [0.29, 0.717) is 25.1 Å². The third-order valence-electron chi connectivity index (χ3n) is 3.02. The smallest absolute Gasteiger partial charge is 0.253 e. The summed E-state index contributed by atoms with van der Waals surface area (Å²) < 4.78 is 0. The summed E-state index contributed by atoms with van der Waals surface area (Å²) in [5.74, 6) is -0.161. The summed E-state index contributed by atoms with van der Waals surface area (Å²) in [7, 11) is 0. The van der Waals surface area contributed by atoms with Crippen LogP contribution in [0.1, 0.15) is 22.8 Å². The number of carbonyl (C=O) groups is 2. The van der Waals surface area contributed by atoms with E-state index >= 15 is 0 Å². The van der Waals surface area contributed by atoms with Crippen molar-refractivity contribution in [2.45, 2.75) is 13.3 Å². The van der Waals surface area contributed by atoms with Crippen molar-refractivity contribution in [3.63, 3.8) is 0 Å². The molecule has 5 heteroatoms. The molecule has 2 rings (SSSR count). The SMILES string of the molecule is CCN(CCO)C(=O)c1ccc2c(c1)CC(=O)N2. The molecule has 0 aromatic heterocycles. The predicted octanol–water partition coefficient (Wildman–Crippen LogP) is 0.636. The van der Waals surface area contributed by atoms with Crippen LogP contribution in [-0.2, 0) is 11.2 Å². The third-order valence-corrected chi connectivity index (χ3v) is 3.02. The molecule has 0 fully saturated rings. The van der Waals surface area contributed by atoms with Crippen molar-refractivity contribution in [1.82, 2.24) is 4.90 Å². The van der Waals surface area contributed by atoms with Gasteiger partial charge in [-0.15, -0.1) is 0 Å². The van der Waals surface area contributed by atoms with E-state index < -0.39 is 0 Å². The van der Waals surface area contributed by atoms with E-state index in [1.807, 2.05) is 6.92 Å². The number of hydrogen-bond donors (Lipinski definition) is 2. The van der Waals surface area contributed by atoms with Crippen molar-refractivity contribution in [3.8, 4) is 0 Å². The molecule has 1 aromatic carbocycles. The first-order valence-electron chi connectivity index (χ1n) is 5.98. The molecule has 0 saturated carbocycles. The average Bonchev–Trinajstić information content (AvgIpc) is 2.74. The van der Waals surface area contributed by atoms with Crippen LogP contribution in [-0.4, -0.2) is 41.5 Å². The number of hydrogen-bond acceptors (Lipinski definition) is 3. The van der Waals surface area contributed by atoms with E-state index in [1.54, 1.807) is 23.1 Å². The van der Waals surface area contributed by atoms with E-state index in [9.17, 15) is 9.59 Å². The molecular formula is C13H16N2O3. The quantitative estimate of drug-likeness (QED) is 0.821. The number of amides is 2. The lowest BCUT2D eigenvalue weighted by molar-refractivity contribution is -0.115. The largest absolute Gasteiger partial charge is 0.395 e. The molecule has 96 valence electrons. The summed E-state index contributed by atoms with van der Waals surface area (Å²) in [4.78, 5) is 25.0. The minimum atomic E-state index is -0.117. The summed E-state index contributed by atoms with van der Waals surface area (Å²) in [5, 5.41) is 11.6. The zero-order chi connectivity index (χ0) is 13.1. The van der Waals surface area contributed by atoms with Gasteiger partial charge in [0.1, 0.15) is 0 Å². The summed E-state index contributed by atoms with van der Waals surface area (Å²) in [6.07, 6.45) is 0.322. The Bertz CT molecular complexity index is 485. The van der Waals surface area contributed by atoms with Crippen molar-refractivity contribution < 1.29 is 14.7 Å². The molecule has 0 saturated heterocycles. The van der Waals surface area contributed by atoms with Gasteiger partial charge in [0, 0.05) is 24.3 Å². The second kappa shape index (κ2) is 5.18. The van der Waals surface area contributed by atoms with Gasteiger partial charge in [-0.2, -0.15) is 0 Å². The lowest BCUT2D eigenvalue weighted by Crippen LogP contribution is -2.33. The number of aliphatic hydroxyl groups is 1. The molecule has 1 aliphatic heterocycles. The van der Waals surface area contributed by atoms with Crippen molar-refractivity contribution >= 4 is 17.5 Å². The second-order valence-corrected chi connectivity index (χ2v) is 4.21. The number of aliphatic hydroxyl groups excluding tert-OH is 1. The van der Waals surface area contributed by atoms with Crippen LogP contribution in [0.2, 0.25) is 0 Å². The van der Waals surface area contributed by atoms with Gasteiger partial charge in [0.25, 0.3) is 5.91 Å². The van der Waals surface area contributed by atoms with Crippen LogP contribution >= 0.6 is 0 Å². The van der Waals surface area contributed by atoms with Gasteiger partial charge < -0.3 is 15.3 Å². The number of benzene rings is 1. The first-order valence-corrected chi connectivity index (χ1v) is 5.98. The molecule has 2 amide bonds. The summed E-state index contributed by atoms with van der Waals surface area (Å²) in [5.41, 5.74) is 2.19. The van der Waals surface area contributed by atoms with Crippen molar-refractivity contribution in [3.05, 3.63) is 29.3 Å². The van der Waals surface area contributed by atoms with Gasteiger partial charge in [0.2, 0.25) is 5.91 Å². The highest BCUT2D eigenvalue weighted by Gasteiger charge is 2.20. The summed E-state index contributed by atoms with van der Waals surface area (Å²) in [6, 6.07) is 5.20. The monoisotopic (exact) mass is 248 g/mol. The molecule has 5 nitrogen and oxygen atoms in total. The molecule has 2 N–H and O–H groups in total. The minimum absolute atomic E-state index is 0.0442. The fraction of sp³-hybridized carbons (Fsp3) is 0.385. The minimum Gasteiger partial charge on any atom is -0.395 e. The van der Waals surface area contributed by atoms with Gasteiger partial charge >= 0.3 is 0 Å². The highest BCUT2D eigenvalue weighted by Crippen LogP contribution is 2.24. The second-order valence-electron chi connectivity index (χ2n) is 4.21. The maximum Gasteiger partial charge on any atom is 0.253 e. The molecular weight excluding hydrogens is 232 g/mol. The first-order chi connectivity index (χ1) is 8.65. The normalized spacial score (nSPS) is 13.1. The zero-order valence-corrected chi connectivity index (χ0v) is 10.3. The zero-order valence-electron chi connectivity index (χ0n) is 10.3. The number of likely N-dealkylation sites (N-methyl/N-ethyl adjacent to an activating group) is 1. The molecule has 0 aliphatic carbocycles. The molecule has 0 bridgehead atoms. The van der Waals surface area contributed by atoms with Gasteiger partial charge in [-0.1, -0.05) is 0 Å². The lowest BCUT2D eigenvalue weighted by Gasteiger charge is -2.19. The molecule has 1 aliphatic rings. The number of nitrogens with one attached hydrogen (secondary N) is 1. The number of nitrogens with zero attached hydrogens (tertiary/aromatic N) is 1. The Morgan fingerprint density at radius 2 is 2.28 bits per heavy atom. The Morgan fingerprint density at radius 1 is 1.50 bits per heavy atom. The molecule has 0 spiro atoms. The molecule has 1 heterocycles. The van der Waals surface area contributed by atoms with Gasteiger partial charge in [-0.3, -0.25) is 9.59 Å². The van der Waals surface area contributed by atoms with Crippen LogP contribution < -0.4 is 5.32 Å². The number of carbonyl (C=O) groups excluding carboxylic acids is 2. The van der Waals surface area contributed by atoms with E-state index in [-0.39, 0.29) is 18.4 Å². The highest BCUT2D eigenvalue weighted by molar-refractivity contribution is 6.01. The Kier molecular flexibility index (Phi) is 3.62. The Balaban J connectivity index is 2.22. The third kappa shape index (κ3) is 2.36. The Hall–Kier alpha value is -1.88. The average molecular weight is 248 g/mol. The van der Waals surface area contributed by atoms with Gasteiger partial charge in [-0.25, -0.2) is 0 Å². The maximum absolute atomic E-state index is 12.2. The molecule has 0 unspecified atom stereocenters. The molecule has 1 aromatic rings. The Morgan fingerprint density at radius 3 is 2.94 bits per heavy atom. The highest BCUT2D eigenvalue weighted by atomic mass is 16.3. The van der Waals surface area contributed by atoms with Crippen LogP contribution in [0.5, 0.6) is 0 Å². The van der Waals surface area contributed by atoms with Crippen molar-refractivity contribution in [1.29, 1.82) is 0 Å². The van der Waals surface area contributed by atoms with E-state index in [0.717, 1.165) is 11.3 Å². The standard InChI is InChI=1S/C13H16N2O3/c1-2-15(5-6-16)13(18)9-3-4-11-10(7-9)8-12(17)14-11/h3-4,7,16H,2,5-6,8H2,1H3,(H,14,17). The van der Waals surface area contributed by atoms with Crippen molar-refractivity contribution in [2.24, 2.45) is 0 Å². The fourth-order valence-electron chi connectivity index (χ4n) is 2.07. The van der Waals surface area contributed by atoms with Gasteiger partial charge in [0.15, 0.2) is 0 Å². The topological polar surface area (TPSA) is 69.6 Å². The number of rotatable bonds is 4. The Labute approximate surface area is 105 Å². The fourth-order valence-corrected chi connectivity index (χ4v) is 2.07. The predicted molar refractivity (Wildman–Crippen MR) is 67.4 cm³/mol. The number of anilines is 1. The maximum atomic E-state index is 12.2. The first kappa shape index (κ1) is 12.6. The van der Waals surface area contributed by atoms with Crippen LogP contribution in [0.3, 0.4) is 0 Å². The van der Waals surface area contributed by atoms with E-state index in [1.165, 1.54) is 0 Å². The van der Waals surface area contributed by atoms with Crippen LogP contribution in [0.25, 0.3) is 0 Å². The molecule has 0 atom stereocenters. The molecule has 0 radical (unpaired) electrons. The molecule has 18 heavy (non-hydrogen) atoms. The van der Waals surface area contributed by atoms with Crippen LogP contribution in [0.15, 0.2) is 18.2 Å². The van der Waals surface area contributed by atoms with E-state index in [2.05, 4.69) is 5.32 Å². The van der Waals surface area contributed by atoms with Crippen LogP contribution in [0.4, 0.5) is 5.69 Å². The number of fused-ring (bicyclic) bond motifs is 1. The van der Waals surface area contributed by atoms with Crippen molar-refractivity contribution in [2.75, 3.05) is 25.0 Å². The van der Waals surface area contributed by atoms with Gasteiger partial charge in [-0.05, 0) is 30.7 Å². The summed E-state index contributed by atoms with van der Waals surface area (Å²) >= 11 is 0. The van der Waals surface area contributed by atoms with Gasteiger partial charge in [0.05, 0.1) is 13.0 Å². The summed E-state index contributed by atoms with van der Waals surface area (Å²) in [6.45, 7) is 2.69. The van der Waals surface area contributed by atoms with Crippen LogP contribution in [0, 0.1) is 0 Å². The lowest BCUT2D eigenvalue weighted by atomic mass is 10.1. The van der Waals surface area contributed by atoms with E-state index in [4.69, 9.17) is 5.11 Å².